The van der Waals surface area contributed by atoms with Gasteiger partial charge in [0.25, 0.3) is 5.91 Å². The lowest BCUT2D eigenvalue weighted by Gasteiger charge is -2.10. The van der Waals surface area contributed by atoms with Crippen molar-refractivity contribution in [2.24, 2.45) is 0 Å². The number of nitrogens with one attached hydrogen (secondary N) is 2. The molecule has 6 heteroatoms. The van der Waals surface area contributed by atoms with Gasteiger partial charge in [-0.3, -0.25) is 9.59 Å². The Hall–Kier alpha value is -1.40. The van der Waals surface area contributed by atoms with Crippen molar-refractivity contribution in [3.8, 4) is 0 Å². The summed E-state index contributed by atoms with van der Waals surface area (Å²) in [6, 6.07) is 5.08. The summed E-state index contributed by atoms with van der Waals surface area (Å²) in [4.78, 5) is 23.2. The molecule has 0 aromatic heterocycles. The molecule has 0 heterocycles. The summed E-state index contributed by atoms with van der Waals surface area (Å²) in [6.45, 7) is 0.342. The number of hydrogen-bond donors (Lipinski definition) is 2. The maximum atomic E-state index is 11.6. The molecule has 0 saturated carbocycles. The van der Waals surface area contributed by atoms with Gasteiger partial charge >= 0.3 is 0 Å². The summed E-state index contributed by atoms with van der Waals surface area (Å²) in [6.07, 6.45) is 0.246. The van der Waals surface area contributed by atoms with Crippen LogP contribution in [0.3, 0.4) is 0 Å². The molecule has 0 atom stereocenters. The van der Waals surface area contributed by atoms with Gasteiger partial charge < -0.3 is 15.4 Å². The number of benzene rings is 1. The van der Waals surface area contributed by atoms with Gasteiger partial charge in [-0.05, 0) is 18.2 Å². The molecule has 0 spiro atoms. The van der Waals surface area contributed by atoms with Gasteiger partial charge in [-0.2, -0.15) is 0 Å². The summed E-state index contributed by atoms with van der Waals surface area (Å²) < 4.78 is 5.61. The standard InChI is InChI=1S/C12H15BrN2O3/c1-14-12(17)9-4-3-8(13)7-10(9)15-11(16)5-6-18-2/h3-4,7H,5-6H2,1-2H3,(H,14,17)(H,15,16). The minimum Gasteiger partial charge on any atom is -0.384 e. The van der Waals surface area contributed by atoms with Gasteiger partial charge in [0.15, 0.2) is 0 Å². The van der Waals surface area contributed by atoms with E-state index in [1.807, 2.05) is 0 Å². The number of anilines is 1. The number of hydrogen-bond acceptors (Lipinski definition) is 3. The molecule has 0 fully saturated rings. The average Bonchev–Trinajstić information content (AvgIpc) is 2.35. The van der Waals surface area contributed by atoms with Crippen LogP contribution in [0.25, 0.3) is 0 Å². The van der Waals surface area contributed by atoms with E-state index in [-0.39, 0.29) is 18.2 Å². The topological polar surface area (TPSA) is 67.4 Å². The molecule has 0 aliphatic heterocycles. The number of carbonyl (C=O) groups excluding carboxylic acids is 2. The van der Waals surface area contributed by atoms with E-state index < -0.39 is 0 Å². The lowest BCUT2D eigenvalue weighted by molar-refractivity contribution is -0.117. The molecule has 0 radical (unpaired) electrons. The lowest BCUT2D eigenvalue weighted by Crippen LogP contribution is -2.21. The minimum atomic E-state index is -0.246. The van der Waals surface area contributed by atoms with Crippen LogP contribution in [-0.4, -0.2) is 32.6 Å². The number of amides is 2. The van der Waals surface area contributed by atoms with E-state index in [1.165, 1.54) is 7.11 Å². The largest absolute Gasteiger partial charge is 0.384 e. The van der Waals surface area contributed by atoms with Crippen molar-refractivity contribution in [2.45, 2.75) is 6.42 Å². The van der Waals surface area contributed by atoms with Gasteiger partial charge in [-0.1, -0.05) is 15.9 Å². The highest BCUT2D eigenvalue weighted by Gasteiger charge is 2.12. The Balaban J connectivity index is 2.88. The molecule has 1 rings (SSSR count). The molecule has 0 unspecified atom stereocenters. The van der Waals surface area contributed by atoms with Crippen LogP contribution >= 0.6 is 15.9 Å². The number of rotatable bonds is 5. The first-order valence-electron chi connectivity index (χ1n) is 5.39. The number of methoxy groups -OCH3 is 1. The molecule has 98 valence electrons. The van der Waals surface area contributed by atoms with Gasteiger partial charge in [0.2, 0.25) is 5.91 Å². The van der Waals surface area contributed by atoms with Crippen molar-refractivity contribution in [1.82, 2.24) is 5.32 Å². The molecule has 2 amide bonds. The Morgan fingerprint density at radius 2 is 2.11 bits per heavy atom. The first kappa shape index (κ1) is 14.7. The second kappa shape index (κ2) is 7.13. The zero-order valence-corrected chi connectivity index (χ0v) is 11.8. The molecule has 2 N–H and O–H groups in total. The van der Waals surface area contributed by atoms with Crippen LogP contribution in [0, 0.1) is 0 Å². The van der Waals surface area contributed by atoms with Crippen molar-refractivity contribution in [3.63, 3.8) is 0 Å². The average molecular weight is 315 g/mol. The first-order chi connectivity index (χ1) is 8.58. The van der Waals surface area contributed by atoms with Crippen LogP contribution in [0.15, 0.2) is 22.7 Å². The summed E-state index contributed by atoms with van der Waals surface area (Å²) in [7, 11) is 3.07. The van der Waals surface area contributed by atoms with Crippen molar-refractivity contribution < 1.29 is 14.3 Å². The van der Waals surface area contributed by atoms with E-state index in [0.717, 1.165) is 4.47 Å². The third-order valence-corrected chi connectivity index (χ3v) is 2.75. The molecule has 18 heavy (non-hydrogen) atoms. The molecule has 1 aromatic rings. The Morgan fingerprint density at radius 3 is 2.72 bits per heavy atom. The fraction of sp³-hybridized carbons (Fsp3) is 0.333. The van der Waals surface area contributed by atoms with Crippen molar-refractivity contribution >= 4 is 33.4 Å². The van der Waals surface area contributed by atoms with Gasteiger partial charge in [-0.25, -0.2) is 0 Å². The fourth-order valence-electron chi connectivity index (χ4n) is 1.36. The third kappa shape index (κ3) is 4.12. The Kier molecular flexibility index (Phi) is 5.80. The summed E-state index contributed by atoms with van der Waals surface area (Å²) in [5, 5.41) is 5.22. The van der Waals surface area contributed by atoms with Crippen molar-refractivity contribution in [3.05, 3.63) is 28.2 Å². The van der Waals surface area contributed by atoms with E-state index >= 15 is 0 Å². The maximum Gasteiger partial charge on any atom is 0.253 e. The molecule has 0 aliphatic carbocycles. The van der Waals surface area contributed by atoms with Gasteiger partial charge in [-0.15, -0.1) is 0 Å². The molecule has 0 saturated heterocycles. The highest BCUT2D eigenvalue weighted by atomic mass is 79.9. The summed E-state index contributed by atoms with van der Waals surface area (Å²) in [5.41, 5.74) is 0.899. The number of halogens is 1. The zero-order valence-electron chi connectivity index (χ0n) is 10.2. The Bertz CT molecular complexity index is 449. The van der Waals surface area contributed by atoms with Crippen LogP contribution in [0.4, 0.5) is 5.69 Å². The highest BCUT2D eigenvalue weighted by molar-refractivity contribution is 9.10. The SMILES string of the molecule is CNC(=O)c1ccc(Br)cc1NC(=O)CCOC. The van der Waals surface area contributed by atoms with Crippen LogP contribution in [0.1, 0.15) is 16.8 Å². The van der Waals surface area contributed by atoms with Crippen LogP contribution in [0.2, 0.25) is 0 Å². The molecule has 5 nitrogen and oxygen atoms in total. The summed E-state index contributed by atoms with van der Waals surface area (Å²) in [5.74, 6) is -0.440. The fourth-order valence-corrected chi connectivity index (χ4v) is 1.72. The predicted molar refractivity (Wildman–Crippen MR) is 72.7 cm³/mol. The van der Waals surface area contributed by atoms with E-state index in [4.69, 9.17) is 4.74 Å². The van der Waals surface area contributed by atoms with E-state index in [9.17, 15) is 9.59 Å². The lowest BCUT2D eigenvalue weighted by atomic mass is 10.1. The molecular weight excluding hydrogens is 300 g/mol. The number of ether oxygens (including phenoxy) is 1. The predicted octanol–water partition coefficient (Wildman–Crippen LogP) is 1.78. The second-order valence-corrected chi connectivity index (χ2v) is 4.48. The normalized spacial score (nSPS) is 9.94. The van der Waals surface area contributed by atoms with E-state index in [2.05, 4.69) is 26.6 Å². The molecule has 0 bridgehead atoms. The summed E-state index contributed by atoms with van der Waals surface area (Å²) >= 11 is 3.30. The van der Waals surface area contributed by atoms with Gasteiger partial charge in [0, 0.05) is 18.6 Å². The highest BCUT2D eigenvalue weighted by Crippen LogP contribution is 2.21. The van der Waals surface area contributed by atoms with Crippen LogP contribution < -0.4 is 10.6 Å². The van der Waals surface area contributed by atoms with Crippen molar-refractivity contribution in [2.75, 3.05) is 26.1 Å². The van der Waals surface area contributed by atoms with Crippen LogP contribution in [0.5, 0.6) is 0 Å². The molecular formula is C12H15BrN2O3. The van der Waals surface area contributed by atoms with Crippen molar-refractivity contribution in [1.29, 1.82) is 0 Å². The van der Waals surface area contributed by atoms with E-state index in [1.54, 1.807) is 25.2 Å². The Labute approximate surface area is 114 Å². The first-order valence-corrected chi connectivity index (χ1v) is 6.18. The van der Waals surface area contributed by atoms with Crippen LogP contribution in [-0.2, 0) is 9.53 Å². The second-order valence-electron chi connectivity index (χ2n) is 3.56. The quantitative estimate of drug-likeness (QED) is 0.870. The van der Waals surface area contributed by atoms with Gasteiger partial charge in [0.05, 0.1) is 24.3 Å². The third-order valence-electron chi connectivity index (χ3n) is 2.26. The maximum absolute atomic E-state index is 11.6. The number of carbonyl (C=O) groups is 2. The minimum absolute atomic E-state index is 0.194. The Morgan fingerprint density at radius 1 is 1.39 bits per heavy atom. The molecule has 0 aliphatic rings. The zero-order chi connectivity index (χ0) is 13.5. The van der Waals surface area contributed by atoms with Gasteiger partial charge in [0.1, 0.15) is 0 Å². The molecule has 1 aromatic carbocycles. The smallest absolute Gasteiger partial charge is 0.253 e. The van der Waals surface area contributed by atoms with E-state index in [0.29, 0.717) is 17.9 Å². The monoisotopic (exact) mass is 314 g/mol.